The molecule has 4 nitrogen and oxygen atoms in total. The fourth-order valence-electron chi connectivity index (χ4n) is 9.80. The van der Waals surface area contributed by atoms with Crippen molar-refractivity contribution >= 4 is 49.3 Å². The number of hydrogen-bond donors (Lipinski definition) is 0. The Bertz CT molecular complexity index is 3730. The SMILES string of the molecule is [C-]#[N+]c1cc(-n2c3cc(-c4ccccc4)ccc3c3ccc(-c4ccccc4)cc32)c(-n2c3cc(-c4ccccc4)ccc3c3ccc(-c4ccccc4)cc32)cc1-c1cccc(C#N)c1. The summed E-state index contributed by atoms with van der Waals surface area (Å²) in [5, 5.41) is 14.6. The van der Waals surface area contributed by atoms with Crippen molar-refractivity contribution in [3.05, 3.63) is 248 Å². The van der Waals surface area contributed by atoms with Gasteiger partial charge < -0.3 is 9.13 Å². The van der Waals surface area contributed by atoms with E-state index in [9.17, 15) is 5.26 Å². The van der Waals surface area contributed by atoms with Crippen LogP contribution in [-0.2, 0) is 0 Å². The number of nitriles is 1. The quantitative estimate of drug-likeness (QED) is 0.147. The van der Waals surface area contributed by atoms with Crippen LogP contribution in [0.2, 0.25) is 0 Å². The summed E-state index contributed by atoms with van der Waals surface area (Å²) >= 11 is 0. The Balaban J connectivity index is 1.26. The maximum atomic E-state index is 10.1. The molecular formula is C62H38N4. The summed E-state index contributed by atoms with van der Waals surface area (Å²) in [4.78, 5) is 4.26. The normalized spacial score (nSPS) is 11.3. The smallest absolute Gasteiger partial charge is 0.197 e. The third-order valence-electron chi connectivity index (χ3n) is 13.0. The molecule has 66 heavy (non-hydrogen) atoms. The molecule has 0 aliphatic carbocycles. The minimum absolute atomic E-state index is 0.494. The van der Waals surface area contributed by atoms with E-state index < -0.39 is 0 Å². The second-order valence-corrected chi connectivity index (χ2v) is 16.7. The lowest BCUT2D eigenvalue weighted by atomic mass is 9.99. The number of fused-ring (bicyclic) bond motifs is 6. The topological polar surface area (TPSA) is 38.0 Å². The van der Waals surface area contributed by atoms with E-state index in [0.29, 0.717) is 11.3 Å². The van der Waals surface area contributed by atoms with Crippen LogP contribution in [0.4, 0.5) is 5.69 Å². The molecule has 2 heterocycles. The fourth-order valence-corrected chi connectivity index (χ4v) is 9.80. The van der Waals surface area contributed by atoms with Gasteiger partial charge in [0.2, 0.25) is 0 Å². The van der Waals surface area contributed by atoms with Gasteiger partial charge in [-0.15, -0.1) is 0 Å². The summed E-state index contributed by atoms with van der Waals surface area (Å²) in [6.07, 6.45) is 0. The van der Waals surface area contributed by atoms with Gasteiger partial charge in [0.25, 0.3) is 0 Å². The number of rotatable bonds is 7. The molecule has 0 saturated carbocycles. The van der Waals surface area contributed by atoms with Crippen LogP contribution in [-0.4, -0.2) is 9.13 Å². The molecule has 12 aromatic rings. The van der Waals surface area contributed by atoms with Gasteiger partial charge in [-0.05, 0) is 104 Å². The highest BCUT2D eigenvalue weighted by Crippen LogP contribution is 2.45. The fraction of sp³-hybridized carbons (Fsp3) is 0. The van der Waals surface area contributed by atoms with Crippen LogP contribution in [0.1, 0.15) is 5.56 Å². The van der Waals surface area contributed by atoms with E-state index in [0.717, 1.165) is 111 Å². The molecule has 0 radical (unpaired) electrons. The van der Waals surface area contributed by atoms with Crippen molar-refractivity contribution < 1.29 is 0 Å². The third kappa shape index (κ3) is 6.45. The molecule has 0 atom stereocenters. The van der Waals surface area contributed by atoms with Crippen molar-refractivity contribution in [2.45, 2.75) is 0 Å². The number of aromatic nitrogens is 2. The van der Waals surface area contributed by atoms with Crippen molar-refractivity contribution in [3.8, 4) is 73.1 Å². The highest BCUT2D eigenvalue weighted by molar-refractivity contribution is 6.14. The molecular weight excluding hydrogens is 801 g/mol. The molecule has 0 N–H and O–H groups in total. The van der Waals surface area contributed by atoms with Crippen LogP contribution in [0.15, 0.2) is 231 Å². The first kappa shape index (κ1) is 38.5. The summed E-state index contributed by atoms with van der Waals surface area (Å²) in [5.74, 6) is 0. The second-order valence-electron chi connectivity index (χ2n) is 16.7. The summed E-state index contributed by atoms with van der Waals surface area (Å²) in [5.41, 5.74) is 17.4. The summed E-state index contributed by atoms with van der Waals surface area (Å²) in [6, 6.07) is 83.4. The zero-order chi connectivity index (χ0) is 44.1. The molecule has 0 amide bonds. The Kier molecular flexibility index (Phi) is 9.23. The van der Waals surface area contributed by atoms with E-state index in [1.807, 2.05) is 36.4 Å². The molecule has 0 aliphatic heterocycles. The van der Waals surface area contributed by atoms with Crippen LogP contribution >= 0.6 is 0 Å². The molecule has 12 rings (SSSR count). The van der Waals surface area contributed by atoms with Crippen LogP contribution in [0.3, 0.4) is 0 Å². The number of nitrogens with zero attached hydrogens (tertiary/aromatic N) is 4. The molecule has 0 fully saturated rings. The molecule has 0 bridgehead atoms. The Hall–Kier alpha value is -9.22. The lowest BCUT2D eigenvalue weighted by Crippen LogP contribution is -2.04. The van der Waals surface area contributed by atoms with Gasteiger partial charge in [0, 0.05) is 21.5 Å². The minimum Gasteiger partial charge on any atom is -0.308 e. The molecule has 4 heteroatoms. The predicted octanol–water partition coefficient (Wildman–Crippen LogP) is 16.6. The summed E-state index contributed by atoms with van der Waals surface area (Å²) in [7, 11) is 0. The maximum Gasteiger partial charge on any atom is 0.197 e. The van der Waals surface area contributed by atoms with E-state index in [4.69, 9.17) is 6.57 Å². The van der Waals surface area contributed by atoms with Gasteiger partial charge in [-0.2, -0.15) is 5.26 Å². The minimum atomic E-state index is 0.494. The highest BCUT2D eigenvalue weighted by Gasteiger charge is 2.24. The van der Waals surface area contributed by atoms with Gasteiger partial charge >= 0.3 is 0 Å². The average molecular weight is 839 g/mol. The van der Waals surface area contributed by atoms with Crippen molar-refractivity contribution in [1.82, 2.24) is 9.13 Å². The molecule has 2 aromatic heterocycles. The van der Waals surface area contributed by atoms with E-state index in [-0.39, 0.29) is 0 Å². The van der Waals surface area contributed by atoms with Crippen LogP contribution < -0.4 is 0 Å². The number of hydrogen-bond acceptors (Lipinski definition) is 1. The van der Waals surface area contributed by atoms with Gasteiger partial charge in [0.05, 0.1) is 51.6 Å². The van der Waals surface area contributed by atoms with Crippen molar-refractivity contribution in [2.24, 2.45) is 0 Å². The monoisotopic (exact) mass is 838 g/mol. The molecule has 0 spiro atoms. The molecule has 10 aromatic carbocycles. The van der Waals surface area contributed by atoms with Gasteiger partial charge in [-0.3, -0.25) is 0 Å². The van der Waals surface area contributed by atoms with Gasteiger partial charge in [0.15, 0.2) is 5.69 Å². The van der Waals surface area contributed by atoms with Gasteiger partial charge in [-0.1, -0.05) is 182 Å². The standard InChI is InChI=1S/C62H38N4/c1-64-56-39-62(66-59-36-48(44-20-10-4-11-21-44)27-31-53(59)54-32-28-49(37-60(54)66)45-22-12-5-13-23-45)61(38-55(56)50-24-14-15-41(33-50)40-63)65-57-34-46(42-16-6-2-7-17-42)25-29-51(57)52-30-26-47(35-58(52)65)43-18-8-3-9-19-43/h2-39H. The van der Waals surface area contributed by atoms with E-state index in [1.54, 1.807) is 0 Å². The van der Waals surface area contributed by atoms with E-state index in [2.05, 4.69) is 214 Å². The first-order valence-electron chi connectivity index (χ1n) is 22.1. The Morgan fingerprint density at radius 3 is 1.03 bits per heavy atom. The zero-order valence-electron chi connectivity index (χ0n) is 35.7. The molecule has 306 valence electrons. The predicted molar refractivity (Wildman–Crippen MR) is 273 cm³/mol. The Morgan fingerprint density at radius 1 is 0.333 bits per heavy atom. The molecule has 0 saturated heterocycles. The lowest BCUT2D eigenvalue weighted by molar-refractivity contribution is 1.10. The summed E-state index contributed by atoms with van der Waals surface area (Å²) in [6.45, 7) is 8.77. The van der Waals surface area contributed by atoms with Gasteiger partial charge in [0.1, 0.15) is 0 Å². The van der Waals surface area contributed by atoms with Crippen LogP contribution in [0.5, 0.6) is 0 Å². The average Bonchev–Trinajstić information content (AvgIpc) is 3.90. The van der Waals surface area contributed by atoms with Crippen molar-refractivity contribution in [2.75, 3.05) is 0 Å². The number of benzene rings is 10. The van der Waals surface area contributed by atoms with Crippen LogP contribution in [0.25, 0.3) is 115 Å². The lowest BCUT2D eigenvalue weighted by Gasteiger charge is -2.20. The van der Waals surface area contributed by atoms with Crippen LogP contribution in [0, 0.1) is 17.9 Å². The summed E-state index contributed by atoms with van der Waals surface area (Å²) < 4.78 is 4.78. The maximum absolute atomic E-state index is 10.1. The van der Waals surface area contributed by atoms with Crippen molar-refractivity contribution in [3.63, 3.8) is 0 Å². The third-order valence-corrected chi connectivity index (χ3v) is 13.0. The second kappa shape index (κ2) is 15.8. The highest BCUT2D eigenvalue weighted by atomic mass is 15.1. The van der Waals surface area contributed by atoms with E-state index >= 15 is 0 Å². The van der Waals surface area contributed by atoms with Crippen molar-refractivity contribution in [1.29, 1.82) is 5.26 Å². The van der Waals surface area contributed by atoms with E-state index in [1.165, 1.54) is 0 Å². The molecule has 0 unspecified atom stereocenters. The largest absolute Gasteiger partial charge is 0.308 e. The Morgan fingerprint density at radius 2 is 0.682 bits per heavy atom. The first-order valence-corrected chi connectivity index (χ1v) is 22.1. The first-order chi connectivity index (χ1) is 32.6. The zero-order valence-corrected chi connectivity index (χ0v) is 35.7. The van der Waals surface area contributed by atoms with Gasteiger partial charge in [-0.25, -0.2) is 4.85 Å². The molecule has 0 aliphatic rings. The Labute approximate surface area is 382 Å².